The summed E-state index contributed by atoms with van der Waals surface area (Å²) in [5.74, 6) is -0.759. The SMILES string of the molecule is CCCCc1ccc(C[C@@H](Sc2ccc(C)cc2)C(=O)O)cc1. The molecule has 0 unspecified atom stereocenters. The zero-order valence-electron chi connectivity index (χ0n) is 13.8. The van der Waals surface area contributed by atoms with Crippen LogP contribution >= 0.6 is 11.8 Å². The first-order chi connectivity index (χ1) is 11.1. The van der Waals surface area contributed by atoms with Gasteiger partial charge in [-0.15, -0.1) is 11.8 Å². The van der Waals surface area contributed by atoms with Crippen LogP contribution in [0.3, 0.4) is 0 Å². The molecule has 0 aliphatic heterocycles. The second-order valence-corrected chi connectivity index (χ2v) is 7.16. The van der Waals surface area contributed by atoms with E-state index in [4.69, 9.17) is 0 Å². The number of thioether (sulfide) groups is 1. The van der Waals surface area contributed by atoms with Crippen molar-refractivity contribution in [2.45, 2.75) is 49.7 Å². The Bertz CT molecular complexity index is 617. The van der Waals surface area contributed by atoms with E-state index >= 15 is 0 Å². The van der Waals surface area contributed by atoms with Crippen LogP contribution in [0.15, 0.2) is 53.4 Å². The average Bonchev–Trinajstić information content (AvgIpc) is 2.55. The lowest BCUT2D eigenvalue weighted by Crippen LogP contribution is -2.19. The van der Waals surface area contributed by atoms with E-state index in [0.717, 1.165) is 16.9 Å². The summed E-state index contributed by atoms with van der Waals surface area (Å²) in [7, 11) is 0. The highest BCUT2D eigenvalue weighted by molar-refractivity contribution is 8.00. The van der Waals surface area contributed by atoms with Crippen LogP contribution in [0.2, 0.25) is 0 Å². The summed E-state index contributed by atoms with van der Waals surface area (Å²) in [6.45, 7) is 4.22. The van der Waals surface area contributed by atoms with Crippen LogP contribution in [0.25, 0.3) is 0 Å². The van der Waals surface area contributed by atoms with Crippen LogP contribution in [-0.2, 0) is 17.6 Å². The Morgan fingerprint density at radius 2 is 1.65 bits per heavy atom. The number of benzene rings is 2. The quantitative estimate of drug-likeness (QED) is 0.683. The van der Waals surface area contributed by atoms with Gasteiger partial charge in [0.2, 0.25) is 0 Å². The number of carboxylic acids is 1. The van der Waals surface area contributed by atoms with Crippen molar-refractivity contribution in [3.05, 3.63) is 65.2 Å². The lowest BCUT2D eigenvalue weighted by Gasteiger charge is -2.13. The van der Waals surface area contributed by atoms with Crippen molar-refractivity contribution in [2.24, 2.45) is 0 Å². The predicted molar refractivity (Wildman–Crippen MR) is 97.2 cm³/mol. The Kier molecular flexibility index (Phi) is 6.72. The molecule has 0 amide bonds. The molecule has 1 N–H and O–H groups in total. The van der Waals surface area contributed by atoms with Crippen molar-refractivity contribution in [1.29, 1.82) is 0 Å². The molecule has 0 fully saturated rings. The van der Waals surface area contributed by atoms with E-state index in [-0.39, 0.29) is 0 Å². The number of carbonyl (C=O) groups is 1. The first kappa shape index (κ1) is 17.6. The zero-order valence-corrected chi connectivity index (χ0v) is 14.6. The molecule has 0 bridgehead atoms. The number of unbranched alkanes of at least 4 members (excludes halogenated alkanes) is 1. The summed E-state index contributed by atoms with van der Waals surface area (Å²) in [6, 6.07) is 16.4. The van der Waals surface area contributed by atoms with Gasteiger partial charge in [-0.1, -0.05) is 55.3 Å². The molecular weight excluding hydrogens is 304 g/mol. The topological polar surface area (TPSA) is 37.3 Å². The highest BCUT2D eigenvalue weighted by Crippen LogP contribution is 2.26. The second kappa shape index (κ2) is 8.78. The van der Waals surface area contributed by atoms with Gasteiger partial charge in [0.05, 0.1) is 0 Å². The minimum absolute atomic E-state index is 0.459. The number of hydrogen-bond acceptors (Lipinski definition) is 2. The Labute approximate surface area is 142 Å². The molecule has 0 radical (unpaired) electrons. The molecule has 0 spiro atoms. The van der Waals surface area contributed by atoms with Gasteiger partial charge in [0, 0.05) is 4.90 Å². The fraction of sp³-hybridized carbons (Fsp3) is 0.350. The first-order valence-corrected chi connectivity index (χ1v) is 9.00. The maximum atomic E-state index is 11.6. The largest absolute Gasteiger partial charge is 0.480 e. The van der Waals surface area contributed by atoms with Gasteiger partial charge in [0.15, 0.2) is 0 Å². The van der Waals surface area contributed by atoms with Crippen LogP contribution in [0.1, 0.15) is 36.5 Å². The van der Waals surface area contributed by atoms with Crippen molar-refractivity contribution in [1.82, 2.24) is 0 Å². The molecule has 3 heteroatoms. The van der Waals surface area contributed by atoms with E-state index in [1.54, 1.807) is 0 Å². The molecule has 0 aliphatic carbocycles. The van der Waals surface area contributed by atoms with Crippen molar-refractivity contribution in [3.8, 4) is 0 Å². The van der Waals surface area contributed by atoms with Gasteiger partial charge < -0.3 is 5.11 Å². The molecule has 23 heavy (non-hydrogen) atoms. The fourth-order valence-electron chi connectivity index (χ4n) is 2.40. The molecule has 0 saturated carbocycles. The first-order valence-electron chi connectivity index (χ1n) is 8.12. The molecule has 0 saturated heterocycles. The van der Waals surface area contributed by atoms with Crippen LogP contribution in [0.5, 0.6) is 0 Å². The monoisotopic (exact) mass is 328 g/mol. The Morgan fingerprint density at radius 1 is 1.04 bits per heavy atom. The van der Waals surface area contributed by atoms with E-state index in [9.17, 15) is 9.90 Å². The lowest BCUT2D eigenvalue weighted by molar-refractivity contribution is -0.136. The maximum absolute atomic E-state index is 11.6. The minimum Gasteiger partial charge on any atom is -0.480 e. The van der Waals surface area contributed by atoms with Crippen molar-refractivity contribution in [3.63, 3.8) is 0 Å². The van der Waals surface area contributed by atoms with Gasteiger partial charge >= 0.3 is 5.97 Å². The van der Waals surface area contributed by atoms with Gasteiger partial charge in [-0.2, -0.15) is 0 Å². The molecule has 0 aromatic heterocycles. The third-order valence-electron chi connectivity index (χ3n) is 3.84. The third-order valence-corrected chi connectivity index (χ3v) is 5.03. The Hall–Kier alpha value is -1.74. The number of rotatable bonds is 8. The molecule has 122 valence electrons. The van der Waals surface area contributed by atoms with Gasteiger partial charge in [0.1, 0.15) is 5.25 Å². The van der Waals surface area contributed by atoms with E-state index in [1.807, 2.05) is 31.2 Å². The zero-order chi connectivity index (χ0) is 16.7. The molecule has 2 rings (SSSR count). The summed E-state index contributed by atoms with van der Waals surface area (Å²) in [6.07, 6.45) is 4.02. The van der Waals surface area contributed by atoms with E-state index in [2.05, 4.69) is 31.2 Å². The number of hydrogen-bond donors (Lipinski definition) is 1. The van der Waals surface area contributed by atoms with Crippen LogP contribution in [0.4, 0.5) is 0 Å². The van der Waals surface area contributed by atoms with E-state index in [1.165, 1.54) is 35.7 Å². The molecule has 2 nitrogen and oxygen atoms in total. The minimum atomic E-state index is -0.759. The summed E-state index contributed by atoms with van der Waals surface area (Å²) >= 11 is 1.42. The van der Waals surface area contributed by atoms with Gasteiger partial charge in [-0.05, 0) is 49.4 Å². The summed E-state index contributed by atoms with van der Waals surface area (Å²) in [4.78, 5) is 12.6. The van der Waals surface area contributed by atoms with Crippen LogP contribution in [0, 0.1) is 6.92 Å². The van der Waals surface area contributed by atoms with Crippen LogP contribution in [-0.4, -0.2) is 16.3 Å². The van der Waals surface area contributed by atoms with Crippen LogP contribution < -0.4 is 0 Å². The van der Waals surface area contributed by atoms with Gasteiger partial charge in [0.25, 0.3) is 0 Å². The smallest absolute Gasteiger partial charge is 0.317 e. The Balaban J connectivity index is 2.01. The average molecular weight is 328 g/mol. The summed E-state index contributed by atoms with van der Waals surface area (Å²) in [5.41, 5.74) is 3.59. The van der Waals surface area contributed by atoms with E-state index in [0.29, 0.717) is 6.42 Å². The third kappa shape index (κ3) is 5.76. The predicted octanol–water partition coefficient (Wildman–Crippen LogP) is 5.13. The number of aryl methyl sites for hydroxylation is 2. The van der Waals surface area contributed by atoms with Gasteiger partial charge in [-0.3, -0.25) is 4.79 Å². The molecule has 2 aromatic carbocycles. The summed E-state index contributed by atoms with van der Waals surface area (Å²) < 4.78 is 0. The van der Waals surface area contributed by atoms with Crippen molar-refractivity contribution >= 4 is 17.7 Å². The fourth-order valence-corrected chi connectivity index (χ4v) is 3.40. The molecule has 0 heterocycles. The standard InChI is InChI=1S/C20H24O2S/c1-3-4-5-16-8-10-17(11-9-16)14-19(20(21)22)23-18-12-6-15(2)7-13-18/h6-13,19H,3-5,14H2,1-2H3,(H,21,22)/t19-/m1/s1. The number of aliphatic carboxylic acids is 1. The second-order valence-electron chi connectivity index (χ2n) is 5.88. The molecule has 2 aromatic rings. The Morgan fingerprint density at radius 3 is 2.22 bits per heavy atom. The number of carboxylic acid groups (broad SMARTS) is 1. The normalized spacial score (nSPS) is 12.1. The molecule has 1 atom stereocenters. The maximum Gasteiger partial charge on any atom is 0.317 e. The van der Waals surface area contributed by atoms with Crippen molar-refractivity contribution in [2.75, 3.05) is 0 Å². The van der Waals surface area contributed by atoms with E-state index < -0.39 is 11.2 Å². The lowest BCUT2D eigenvalue weighted by atomic mass is 10.0. The molecule has 0 aliphatic rings. The van der Waals surface area contributed by atoms with Gasteiger partial charge in [-0.25, -0.2) is 0 Å². The van der Waals surface area contributed by atoms with Crippen molar-refractivity contribution < 1.29 is 9.90 Å². The highest BCUT2D eigenvalue weighted by atomic mass is 32.2. The highest BCUT2D eigenvalue weighted by Gasteiger charge is 2.19. The molecular formula is C20H24O2S. The summed E-state index contributed by atoms with van der Waals surface area (Å²) in [5, 5.41) is 9.04.